The average Bonchev–Trinajstić information content (AvgIpc) is 2.60. The monoisotopic (exact) mass is 226 g/mol. The molecule has 0 bridgehead atoms. The zero-order valence-electron chi connectivity index (χ0n) is 10.8. The van der Waals surface area contributed by atoms with Gasteiger partial charge in [-0.2, -0.15) is 0 Å². The smallest absolute Gasteiger partial charge is 0.00237 e. The molecule has 0 N–H and O–H groups in total. The topological polar surface area (TPSA) is 0 Å². The molecular weight excluding hydrogens is 204 g/mol. The summed E-state index contributed by atoms with van der Waals surface area (Å²) in [5.41, 5.74) is 1.52. The average molecular weight is 226 g/mol. The van der Waals surface area contributed by atoms with Crippen molar-refractivity contribution in [1.29, 1.82) is 0 Å². The van der Waals surface area contributed by atoms with Crippen LogP contribution in [0.3, 0.4) is 0 Å². The van der Waals surface area contributed by atoms with Crippen molar-refractivity contribution >= 4 is 0 Å². The van der Waals surface area contributed by atoms with Crippen molar-refractivity contribution in [2.45, 2.75) is 26.7 Å². The van der Waals surface area contributed by atoms with Crippen LogP contribution in [0, 0.1) is 17.8 Å². The zero-order chi connectivity index (χ0) is 12.1. The molecule has 0 aromatic carbocycles. The van der Waals surface area contributed by atoms with E-state index in [2.05, 4.69) is 54.7 Å². The largest absolute Gasteiger partial charge is 0.0808 e. The van der Waals surface area contributed by atoms with Gasteiger partial charge in [0.05, 0.1) is 0 Å². The van der Waals surface area contributed by atoms with Gasteiger partial charge in [-0.3, -0.25) is 0 Å². The van der Waals surface area contributed by atoms with Crippen LogP contribution in [0.5, 0.6) is 0 Å². The molecule has 0 heteroatoms. The Labute approximate surface area is 105 Å². The fourth-order valence-electron chi connectivity index (χ4n) is 2.80. The predicted molar refractivity (Wildman–Crippen MR) is 75.7 cm³/mol. The number of fused-ring (bicyclic) bond motifs is 2. The lowest BCUT2D eigenvalue weighted by atomic mass is 9.81. The van der Waals surface area contributed by atoms with Gasteiger partial charge in [-0.15, -0.1) is 0 Å². The molecule has 0 heterocycles. The van der Waals surface area contributed by atoms with Gasteiger partial charge in [0.25, 0.3) is 0 Å². The Hall–Kier alpha value is -1.30. The van der Waals surface area contributed by atoms with Gasteiger partial charge >= 0.3 is 0 Å². The second-order valence-corrected chi connectivity index (χ2v) is 4.62. The molecule has 0 aromatic rings. The third kappa shape index (κ3) is 2.69. The van der Waals surface area contributed by atoms with Gasteiger partial charge < -0.3 is 0 Å². The summed E-state index contributed by atoms with van der Waals surface area (Å²) in [5.74, 6) is 2.13. The summed E-state index contributed by atoms with van der Waals surface area (Å²) in [6.07, 6.45) is 23.0. The highest BCUT2D eigenvalue weighted by Gasteiger charge is 2.25. The maximum atomic E-state index is 2.43. The van der Waals surface area contributed by atoms with Crippen molar-refractivity contribution in [3.05, 3.63) is 60.3 Å². The molecule has 3 rings (SSSR count). The van der Waals surface area contributed by atoms with Gasteiger partial charge in [-0.25, -0.2) is 0 Å². The molecule has 0 saturated heterocycles. The molecule has 90 valence electrons. The fraction of sp³-hybridized carbons (Fsp3) is 0.412. The molecule has 0 aromatic heterocycles. The third-order valence-corrected chi connectivity index (χ3v) is 3.70. The summed E-state index contributed by atoms with van der Waals surface area (Å²) in [6.45, 7) is 4.00. The molecule has 0 aliphatic heterocycles. The quantitative estimate of drug-likeness (QED) is 0.555. The number of hydrogen-bond donors (Lipinski definition) is 0. The second-order valence-electron chi connectivity index (χ2n) is 4.62. The lowest BCUT2D eigenvalue weighted by molar-refractivity contribution is 0.429. The van der Waals surface area contributed by atoms with Crippen LogP contribution in [0.4, 0.5) is 0 Å². The van der Waals surface area contributed by atoms with E-state index < -0.39 is 0 Å². The normalized spacial score (nSPS) is 32.8. The summed E-state index contributed by atoms with van der Waals surface area (Å²) in [5, 5.41) is 0. The van der Waals surface area contributed by atoms with Crippen molar-refractivity contribution < 1.29 is 0 Å². The van der Waals surface area contributed by atoms with Crippen molar-refractivity contribution in [1.82, 2.24) is 0 Å². The first kappa shape index (κ1) is 12.2. The molecular formula is C17H22. The summed E-state index contributed by atoms with van der Waals surface area (Å²) < 4.78 is 0. The Bertz CT molecular complexity index is 390. The Balaban J connectivity index is 0.000000514. The fourth-order valence-corrected chi connectivity index (χ4v) is 2.80. The van der Waals surface area contributed by atoms with E-state index in [4.69, 9.17) is 0 Å². The first-order valence-electron chi connectivity index (χ1n) is 6.83. The summed E-state index contributed by atoms with van der Waals surface area (Å²) in [6, 6.07) is 0. The maximum Gasteiger partial charge on any atom is 0.00237 e. The van der Waals surface area contributed by atoms with Crippen LogP contribution in [0.25, 0.3) is 0 Å². The van der Waals surface area contributed by atoms with E-state index in [1.807, 2.05) is 13.8 Å². The molecule has 3 unspecified atom stereocenters. The molecule has 0 nitrogen and oxygen atoms in total. The van der Waals surface area contributed by atoms with Crippen molar-refractivity contribution in [2.24, 2.45) is 17.8 Å². The zero-order valence-corrected chi connectivity index (χ0v) is 10.8. The van der Waals surface area contributed by atoms with Crippen LogP contribution in [0.1, 0.15) is 26.7 Å². The minimum absolute atomic E-state index is 0.654. The van der Waals surface area contributed by atoms with Crippen LogP contribution in [0.2, 0.25) is 0 Å². The van der Waals surface area contributed by atoms with Crippen LogP contribution in [-0.4, -0.2) is 0 Å². The van der Waals surface area contributed by atoms with Crippen LogP contribution in [0.15, 0.2) is 60.3 Å². The van der Waals surface area contributed by atoms with E-state index in [0.29, 0.717) is 5.92 Å². The standard InChI is InChI=1S/C15H16.C2H6/c1-3-7-14-11-15-8-4-2-6-13(15)10-9-12(14)5-1;1-2/h1-9,13-15H,10-11H2;1-2H3. The molecule has 3 aliphatic carbocycles. The molecule has 0 fully saturated rings. The summed E-state index contributed by atoms with van der Waals surface area (Å²) >= 11 is 0. The van der Waals surface area contributed by atoms with E-state index in [1.165, 1.54) is 18.4 Å². The van der Waals surface area contributed by atoms with Gasteiger partial charge in [-0.05, 0) is 30.3 Å². The minimum atomic E-state index is 0.654. The van der Waals surface area contributed by atoms with Gasteiger partial charge in [0.15, 0.2) is 0 Å². The SMILES string of the molecule is C1=CC2=CCC3C=CC=CC3CC2C=C1.CC. The van der Waals surface area contributed by atoms with Crippen molar-refractivity contribution in [2.75, 3.05) is 0 Å². The van der Waals surface area contributed by atoms with Gasteiger partial charge in [0.1, 0.15) is 0 Å². The van der Waals surface area contributed by atoms with E-state index in [9.17, 15) is 0 Å². The van der Waals surface area contributed by atoms with E-state index in [-0.39, 0.29) is 0 Å². The molecule has 0 saturated carbocycles. The highest BCUT2D eigenvalue weighted by Crippen LogP contribution is 2.37. The molecule has 3 aliphatic rings. The maximum absolute atomic E-state index is 2.43. The van der Waals surface area contributed by atoms with Crippen LogP contribution in [-0.2, 0) is 0 Å². The molecule has 0 spiro atoms. The Morgan fingerprint density at radius 2 is 1.59 bits per heavy atom. The third-order valence-electron chi connectivity index (χ3n) is 3.70. The minimum Gasteiger partial charge on any atom is -0.0808 e. The van der Waals surface area contributed by atoms with Crippen LogP contribution < -0.4 is 0 Å². The molecule has 3 atom stereocenters. The van der Waals surface area contributed by atoms with Crippen LogP contribution >= 0.6 is 0 Å². The van der Waals surface area contributed by atoms with Gasteiger partial charge in [-0.1, -0.05) is 68.5 Å². The Morgan fingerprint density at radius 3 is 2.41 bits per heavy atom. The first-order chi connectivity index (χ1) is 8.43. The lowest BCUT2D eigenvalue weighted by Crippen LogP contribution is -2.14. The Kier molecular flexibility index (Phi) is 4.19. The highest BCUT2D eigenvalue weighted by molar-refractivity contribution is 5.35. The number of hydrogen-bond acceptors (Lipinski definition) is 0. The lowest BCUT2D eigenvalue weighted by Gasteiger charge is -2.23. The van der Waals surface area contributed by atoms with E-state index >= 15 is 0 Å². The summed E-state index contributed by atoms with van der Waals surface area (Å²) in [7, 11) is 0. The number of rotatable bonds is 0. The van der Waals surface area contributed by atoms with Crippen molar-refractivity contribution in [3.8, 4) is 0 Å². The van der Waals surface area contributed by atoms with E-state index in [0.717, 1.165) is 11.8 Å². The number of allylic oxidation sites excluding steroid dienone is 10. The summed E-state index contributed by atoms with van der Waals surface area (Å²) in [4.78, 5) is 0. The highest BCUT2D eigenvalue weighted by atomic mass is 14.3. The van der Waals surface area contributed by atoms with E-state index in [1.54, 1.807) is 0 Å². The molecule has 17 heavy (non-hydrogen) atoms. The first-order valence-corrected chi connectivity index (χ1v) is 6.83. The second kappa shape index (κ2) is 5.86. The molecule has 0 radical (unpaired) electrons. The van der Waals surface area contributed by atoms with Gasteiger partial charge in [0, 0.05) is 5.92 Å². The van der Waals surface area contributed by atoms with Gasteiger partial charge in [0.2, 0.25) is 0 Å². The Morgan fingerprint density at radius 1 is 0.882 bits per heavy atom. The van der Waals surface area contributed by atoms with Crippen molar-refractivity contribution in [3.63, 3.8) is 0 Å². The molecule has 0 amide bonds. The predicted octanol–water partition coefficient (Wildman–Crippen LogP) is 4.83.